The Balaban J connectivity index is 1.63. The second-order valence-electron chi connectivity index (χ2n) is 6.36. The first kappa shape index (κ1) is 16.7. The summed E-state index contributed by atoms with van der Waals surface area (Å²) < 4.78 is 38.5. The van der Waals surface area contributed by atoms with E-state index in [2.05, 4.69) is 9.88 Å². The van der Waals surface area contributed by atoms with Gasteiger partial charge in [0, 0.05) is 18.9 Å². The summed E-state index contributed by atoms with van der Waals surface area (Å²) in [6.07, 6.45) is 2.77. The first-order valence-electron chi connectivity index (χ1n) is 7.81. The molecule has 2 fully saturated rings. The molecule has 8 nitrogen and oxygen atoms in total. The zero-order valence-corrected chi connectivity index (χ0v) is 14.7. The highest BCUT2D eigenvalue weighted by molar-refractivity contribution is 7.91. The van der Waals surface area contributed by atoms with Gasteiger partial charge in [-0.25, -0.2) is 8.42 Å². The lowest BCUT2D eigenvalue weighted by molar-refractivity contribution is -0.151. The lowest BCUT2D eigenvalue weighted by atomic mass is 9.88. The molecule has 0 aromatic carbocycles. The number of hydrogen-bond donors (Lipinski definition) is 2. The Hall–Kier alpha value is -1.75. The van der Waals surface area contributed by atoms with Crippen molar-refractivity contribution in [2.24, 2.45) is 0 Å². The fourth-order valence-corrected chi connectivity index (χ4v) is 6.14. The first-order chi connectivity index (χ1) is 11.9. The van der Waals surface area contributed by atoms with Crippen molar-refractivity contribution in [3.8, 4) is 10.6 Å². The number of carbonyl (C=O) groups is 1. The summed E-state index contributed by atoms with van der Waals surface area (Å²) >= 11 is 1.02. The summed E-state index contributed by atoms with van der Waals surface area (Å²) in [7, 11) is -3.98. The van der Waals surface area contributed by atoms with Crippen molar-refractivity contribution in [2.45, 2.75) is 47.6 Å². The molecule has 0 amide bonds. The standard InChI is InChI=1S/C15H16N2O6S2/c18-14(19)15(7-9-1-2-10(8-15)23-9)17-25(20,21)13-4-3-12(24-13)11-5-6-22-16-11/h3-6,9-10,17H,1-2,7-8H2,(H,18,19)/t9-,10+,15?. The predicted octanol–water partition coefficient (Wildman–Crippen LogP) is 1.85. The van der Waals surface area contributed by atoms with Gasteiger partial charge in [-0.05, 0) is 25.0 Å². The summed E-state index contributed by atoms with van der Waals surface area (Å²) in [6.45, 7) is 0. The average molecular weight is 384 g/mol. The van der Waals surface area contributed by atoms with E-state index in [1.165, 1.54) is 12.3 Å². The van der Waals surface area contributed by atoms with Gasteiger partial charge in [0.05, 0.1) is 17.1 Å². The maximum atomic E-state index is 12.8. The number of hydrogen-bond acceptors (Lipinski definition) is 7. The molecule has 134 valence electrons. The van der Waals surface area contributed by atoms with Crippen LogP contribution in [-0.4, -0.2) is 42.4 Å². The Morgan fingerprint density at radius 2 is 2.00 bits per heavy atom. The van der Waals surface area contributed by atoms with Gasteiger partial charge in [-0.15, -0.1) is 11.3 Å². The smallest absolute Gasteiger partial charge is 0.325 e. The summed E-state index contributed by atoms with van der Waals surface area (Å²) in [4.78, 5) is 12.5. The molecular weight excluding hydrogens is 368 g/mol. The van der Waals surface area contributed by atoms with Gasteiger partial charge in [-0.2, -0.15) is 4.72 Å². The number of nitrogens with one attached hydrogen (secondary N) is 1. The number of aliphatic carboxylic acids is 1. The number of nitrogens with zero attached hydrogens (tertiary/aromatic N) is 1. The van der Waals surface area contributed by atoms with E-state index in [1.807, 2.05) is 0 Å². The molecule has 0 spiro atoms. The topological polar surface area (TPSA) is 119 Å². The van der Waals surface area contributed by atoms with Gasteiger partial charge in [0.1, 0.15) is 21.7 Å². The Labute approximate surface area is 147 Å². The van der Waals surface area contributed by atoms with E-state index in [0.29, 0.717) is 10.6 Å². The lowest BCUT2D eigenvalue weighted by Gasteiger charge is -2.37. The Morgan fingerprint density at radius 1 is 1.28 bits per heavy atom. The SMILES string of the molecule is O=C(O)C1(NS(=O)(=O)c2ccc(-c3ccon3)s2)C[C@H]2CC[C@@H](C1)O2. The van der Waals surface area contributed by atoms with Gasteiger partial charge in [-0.1, -0.05) is 5.16 Å². The minimum atomic E-state index is -3.98. The molecule has 3 atom stereocenters. The number of rotatable bonds is 5. The van der Waals surface area contributed by atoms with Crippen molar-refractivity contribution in [3.05, 3.63) is 24.5 Å². The van der Waals surface area contributed by atoms with Crippen LogP contribution in [0.15, 0.2) is 33.2 Å². The van der Waals surface area contributed by atoms with Gasteiger partial charge >= 0.3 is 5.97 Å². The molecule has 25 heavy (non-hydrogen) atoms. The normalized spacial score (nSPS) is 29.0. The van der Waals surface area contributed by atoms with Crippen LogP contribution in [0.4, 0.5) is 0 Å². The highest BCUT2D eigenvalue weighted by Crippen LogP contribution is 2.40. The first-order valence-corrected chi connectivity index (χ1v) is 10.1. The highest BCUT2D eigenvalue weighted by atomic mass is 32.2. The Bertz CT molecular complexity index is 877. The van der Waals surface area contributed by atoms with E-state index >= 15 is 0 Å². The number of aromatic nitrogens is 1. The van der Waals surface area contributed by atoms with E-state index in [1.54, 1.807) is 12.1 Å². The molecule has 2 aromatic heterocycles. The molecule has 2 saturated heterocycles. The van der Waals surface area contributed by atoms with E-state index in [4.69, 9.17) is 9.26 Å². The molecule has 0 radical (unpaired) electrons. The van der Waals surface area contributed by atoms with Gasteiger partial charge in [-0.3, -0.25) is 4.79 Å². The maximum absolute atomic E-state index is 12.8. The zero-order valence-electron chi connectivity index (χ0n) is 13.0. The minimum absolute atomic E-state index is 0.0463. The molecule has 2 aliphatic rings. The summed E-state index contributed by atoms with van der Waals surface area (Å²) in [5, 5.41) is 13.5. The van der Waals surface area contributed by atoms with E-state index in [9.17, 15) is 18.3 Å². The zero-order chi connectivity index (χ0) is 17.7. The molecule has 2 bridgehead atoms. The molecule has 10 heteroatoms. The average Bonchev–Trinajstić information content (AvgIpc) is 3.26. The third kappa shape index (κ3) is 2.99. The predicted molar refractivity (Wildman–Crippen MR) is 87.6 cm³/mol. The summed E-state index contributed by atoms with van der Waals surface area (Å²) in [5.74, 6) is -1.16. The molecule has 2 aromatic rings. The number of fused-ring (bicyclic) bond motifs is 2. The van der Waals surface area contributed by atoms with E-state index in [-0.39, 0.29) is 29.3 Å². The minimum Gasteiger partial charge on any atom is -0.480 e. The van der Waals surface area contributed by atoms with Crippen molar-refractivity contribution in [1.29, 1.82) is 0 Å². The van der Waals surface area contributed by atoms with Crippen LogP contribution in [0.5, 0.6) is 0 Å². The van der Waals surface area contributed by atoms with Gasteiger partial charge in [0.2, 0.25) is 0 Å². The second kappa shape index (κ2) is 5.90. The van der Waals surface area contributed by atoms with Crippen LogP contribution < -0.4 is 4.72 Å². The van der Waals surface area contributed by atoms with E-state index in [0.717, 1.165) is 24.2 Å². The molecule has 1 unspecified atom stereocenters. The van der Waals surface area contributed by atoms with Crippen LogP contribution in [0.25, 0.3) is 10.6 Å². The van der Waals surface area contributed by atoms with Crippen molar-refractivity contribution in [2.75, 3.05) is 0 Å². The van der Waals surface area contributed by atoms with Crippen molar-refractivity contribution in [1.82, 2.24) is 9.88 Å². The van der Waals surface area contributed by atoms with E-state index < -0.39 is 21.5 Å². The molecular formula is C15H16N2O6S2. The molecule has 4 heterocycles. The van der Waals surface area contributed by atoms with Crippen molar-refractivity contribution >= 4 is 27.3 Å². The number of ether oxygens (including phenoxy) is 1. The maximum Gasteiger partial charge on any atom is 0.325 e. The van der Waals surface area contributed by atoms with Crippen LogP contribution >= 0.6 is 11.3 Å². The highest BCUT2D eigenvalue weighted by Gasteiger charge is 2.52. The number of thiophene rings is 1. The Kier molecular flexibility index (Phi) is 3.95. The number of carboxylic acid groups (broad SMARTS) is 1. The fraction of sp³-hybridized carbons (Fsp3) is 0.467. The van der Waals surface area contributed by atoms with Crippen molar-refractivity contribution in [3.63, 3.8) is 0 Å². The molecule has 2 N–H and O–H groups in total. The molecule has 4 rings (SSSR count). The van der Waals surface area contributed by atoms with Crippen LogP contribution in [-0.2, 0) is 19.6 Å². The quantitative estimate of drug-likeness (QED) is 0.807. The largest absolute Gasteiger partial charge is 0.480 e. The molecule has 0 saturated carbocycles. The Morgan fingerprint density at radius 3 is 2.60 bits per heavy atom. The fourth-order valence-electron chi connectivity index (χ4n) is 3.49. The van der Waals surface area contributed by atoms with Gasteiger partial charge in [0.25, 0.3) is 10.0 Å². The van der Waals surface area contributed by atoms with Gasteiger partial charge in [0.15, 0.2) is 0 Å². The number of sulfonamides is 1. The van der Waals surface area contributed by atoms with Crippen LogP contribution in [0.3, 0.4) is 0 Å². The molecule has 2 aliphatic heterocycles. The molecule has 0 aliphatic carbocycles. The second-order valence-corrected chi connectivity index (χ2v) is 9.35. The third-order valence-corrected chi connectivity index (χ3v) is 7.76. The lowest BCUT2D eigenvalue weighted by Crippen LogP contribution is -2.59. The monoisotopic (exact) mass is 384 g/mol. The number of carboxylic acids is 1. The van der Waals surface area contributed by atoms with Gasteiger partial charge < -0.3 is 14.4 Å². The summed E-state index contributed by atoms with van der Waals surface area (Å²) in [5.41, 5.74) is -0.996. The van der Waals surface area contributed by atoms with Crippen molar-refractivity contribution < 1.29 is 27.6 Å². The third-order valence-electron chi connectivity index (χ3n) is 4.62. The van der Waals surface area contributed by atoms with Crippen LogP contribution in [0.1, 0.15) is 25.7 Å². The van der Waals surface area contributed by atoms with Crippen LogP contribution in [0, 0.1) is 0 Å². The van der Waals surface area contributed by atoms with Crippen LogP contribution in [0.2, 0.25) is 0 Å². The summed E-state index contributed by atoms with van der Waals surface area (Å²) in [6, 6.07) is 4.70.